The van der Waals surface area contributed by atoms with Crippen LogP contribution < -0.4 is 14.4 Å². The summed E-state index contributed by atoms with van der Waals surface area (Å²) in [7, 11) is 2.76. The van der Waals surface area contributed by atoms with Crippen LogP contribution in [-0.4, -0.2) is 38.6 Å². The lowest BCUT2D eigenvalue weighted by Gasteiger charge is -2.17. The van der Waals surface area contributed by atoms with Crippen LogP contribution in [0.2, 0.25) is 0 Å². The average Bonchev–Trinajstić information content (AvgIpc) is 3.19. The quantitative estimate of drug-likeness (QED) is 0.386. The molecule has 1 heterocycles. The first-order valence-electron chi connectivity index (χ1n) is 10.00. The van der Waals surface area contributed by atoms with Gasteiger partial charge in [0, 0.05) is 24.7 Å². The van der Waals surface area contributed by atoms with E-state index >= 15 is 0 Å². The van der Waals surface area contributed by atoms with Crippen LogP contribution in [0, 0.1) is 5.92 Å². The summed E-state index contributed by atoms with van der Waals surface area (Å²) >= 11 is 0. The van der Waals surface area contributed by atoms with Gasteiger partial charge in [-0.3, -0.25) is 9.59 Å². The molecule has 0 spiro atoms. The van der Waals surface area contributed by atoms with Crippen LogP contribution >= 0.6 is 0 Å². The molecular weight excluding hydrogens is 398 g/mol. The summed E-state index contributed by atoms with van der Waals surface area (Å²) in [6.45, 7) is 2.32. The number of carbonyl (C=O) groups excluding carboxylic acids is 3. The van der Waals surface area contributed by atoms with Gasteiger partial charge in [0.2, 0.25) is 5.91 Å². The molecule has 162 valence electrons. The molecule has 1 aliphatic heterocycles. The van der Waals surface area contributed by atoms with Gasteiger partial charge in [0.05, 0.1) is 20.1 Å². The molecule has 1 atom stereocenters. The van der Waals surface area contributed by atoms with E-state index in [1.165, 1.54) is 20.3 Å². The summed E-state index contributed by atoms with van der Waals surface area (Å²) in [5, 5.41) is 0. The Morgan fingerprint density at radius 1 is 1.13 bits per heavy atom. The van der Waals surface area contributed by atoms with Gasteiger partial charge in [-0.15, -0.1) is 0 Å². The van der Waals surface area contributed by atoms with Gasteiger partial charge in [-0.2, -0.15) is 0 Å². The number of amides is 1. The van der Waals surface area contributed by atoms with E-state index in [0.29, 0.717) is 11.3 Å². The second kappa shape index (κ2) is 9.93. The SMILES string of the molecule is CCc1cccc(N2CC(C(=O)Oc3ccc(/C=C/C(=O)OC)cc3OC)CC2=O)c1. The zero-order valence-corrected chi connectivity index (χ0v) is 17.8. The van der Waals surface area contributed by atoms with Gasteiger partial charge in [-0.05, 0) is 47.9 Å². The maximum atomic E-state index is 12.7. The van der Waals surface area contributed by atoms with Crippen LogP contribution in [0.25, 0.3) is 6.08 Å². The minimum absolute atomic E-state index is 0.0947. The highest BCUT2D eigenvalue weighted by Gasteiger charge is 2.36. The van der Waals surface area contributed by atoms with Crippen molar-refractivity contribution in [1.82, 2.24) is 0 Å². The van der Waals surface area contributed by atoms with Crippen molar-refractivity contribution in [1.29, 1.82) is 0 Å². The Morgan fingerprint density at radius 3 is 2.65 bits per heavy atom. The minimum atomic E-state index is -0.568. The number of hydrogen-bond donors (Lipinski definition) is 0. The van der Waals surface area contributed by atoms with Gasteiger partial charge < -0.3 is 19.1 Å². The molecule has 3 rings (SSSR count). The molecule has 1 saturated heterocycles. The van der Waals surface area contributed by atoms with E-state index in [-0.39, 0.29) is 24.6 Å². The molecule has 7 nitrogen and oxygen atoms in total. The lowest BCUT2D eigenvalue weighted by molar-refractivity contribution is -0.139. The summed E-state index contributed by atoms with van der Waals surface area (Å²) in [6.07, 6.45) is 3.81. The van der Waals surface area contributed by atoms with Crippen molar-refractivity contribution in [2.24, 2.45) is 5.92 Å². The molecule has 0 N–H and O–H groups in total. The number of aryl methyl sites for hydroxylation is 1. The topological polar surface area (TPSA) is 82.1 Å². The van der Waals surface area contributed by atoms with E-state index < -0.39 is 17.9 Å². The van der Waals surface area contributed by atoms with E-state index in [2.05, 4.69) is 11.7 Å². The number of benzene rings is 2. The lowest BCUT2D eigenvalue weighted by Crippen LogP contribution is -2.27. The summed E-state index contributed by atoms with van der Waals surface area (Å²) < 4.78 is 15.4. The van der Waals surface area contributed by atoms with Crippen molar-refractivity contribution in [3.8, 4) is 11.5 Å². The molecule has 0 saturated carbocycles. The highest BCUT2D eigenvalue weighted by Crippen LogP contribution is 2.31. The molecule has 1 fully saturated rings. The fourth-order valence-corrected chi connectivity index (χ4v) is 3.36. The number of ether oxygens (including phenoxy) is 3. The first-order chi connectivity index (χ1) is 14.9. The predicted molar refractivity (Wildman–Crippen MR) is 116 cm³/mol. The van der Waals surface area contributed by atoms with Crippen LogP contribution in [0.5, 0.6) is 11.5 Å². The Hall–Kier alpha value is -3.61. The van der Waals surface area contributed by atoms with Gasteiger partial charge in [0.15, 0.2) is 11.5 Å². The molecule has 0 aliphatic carbocycles. The van der Waals surface area contributed by atoms with Gasteiger partial charge in [0.25, 0.3) is 0 Å². The molecular formula is C24H25NO6. The number of carbonyl (C=O) groups is 3. The van der Waals surface area contributed by atoms with Crippen LogP contribution in [0.1, 0.15) is 24.5 Å². The van der Waals surface area contributed by atoms with Gasteiger partial charge in [-0.25, -0.2) is 4.79 Å². The Kier molecular flexibility index (Phi) is 7.07. The van der Waals surface area contributed by atoms with Crippen molar-refractivity contribution in [3.63, 3.8) is 0 Å². The Bertz CT molecular complexity index is 1010. The first kappa shape index (κ1) is 22.1. The highest BCUT2D eigenvalue weighted by molar-refractivity contribution is 5.99. The molecule has 1 aliphatic rings. The number of esters is 2. The molecule has 0 aromatic heterocycles. The largest absolute Gasteiger partial charge is 0.493 e. The third-order valence-corrected chi connectivity index (χ3v) is 5.10. The van der Waals surface area contributed by atoms with Gasteiger partial charge >= 0.3 is 11.9 Å². The fourth-order valence-electron chi connectivity index (χ4n) is 3.36. The summed E-state index contributed by atoms with van der Waals surface area (Å²) in [6, 6.07) is 12.7. The number of hydrogen-bond acceptors (Lipinski definition) is 6. The third-order valence-electron chi connectivity index (χ3n) is 5.10. The zero-order valence-electron chi connectivity index (χ0n) is 17.8. The molecule has 2 aromatic rings. The van der Waals surface area contributed by atoms with Gasteiger partial charge in [0.1, 0.15) is 0 Å². The maximum absolute atomic E-state index is 12.7. The standard InChI is InChI=1S/C24H25NO6/c1-4-16-6-5-7-19(12-16)25-15-18(14-22(25)26)24(28)31-20-10-8-17(13-21(20)29-2)9-11-23(27)30-3/h5-13,18H,4,14-15H2,1-3H3/b11-9+. The second-order valence-corrected chi connectivity index (χ2v) is 7.12. The smallest absolute Gasteiger partial charge is 0.330 e. The average molecular weight is 423 g/mol. The lowest BCUT2D eigenvalue weighted by atomic mass is 10.1. The molecule has 1 amide bonds. The van der Waals surface area contributed by atoms with E-state index in [1.54, 1.807) is 29.2 Å². The van der Waals surface area contributed by atoms with Crippen molar-refractivity contribution < 1.29 is 28.6 Å². The van der Waals surface area contributed by atoms with E-state index in [9.17, 15) is 14.4 Å². The molecule has 31 heavy (non-hydrogen) atoms. The predicted octanol–water partition coefficient (Wildman–Crippen LogP) is 3.40. The summed E-state index contributed by atoms with van der Waals surface area (Å²) in [4.78, 5) is 38.1. The number of methoxy groups -OCH3 is 2. The molecule has 0 radical (unpaired) electrons. The fraction of sp³-hybridized carbons (Fsp3) is 0.292. The van der Waals surface area contributed by atoms with Crippen LogP contribution in [0.4, 0.5) is 5.69 Å². The molecule has 0 bridgehead atoms. The van der Waals surface area contributed by atoms with Crippen molar-refractivity contribution in [3.05, 3.63) is 59.7 Å². The van der Waals surface area contributed by atoms with Crippen molar-refractivity contribution >= 4 is 29.6 Å². The van der Waals surface area contributed by atoms with Crippen LogP contribution in [-0.2, 0) is 25.5 Å². The second-order valence-electron chi connectivity index (χ2n) is 7.12. The van der Waals surface area contributed by atoms with Crippen molar-refractivity contribution in [2.45, 2.75) is 19.8 Å². The van der Waals surface area contributed by atoms with Crippen LogP contribution in [0.3, 0.4) is 0 Å². The monoisotopic (exact) mass is 423 g/mol. The van der Waals surface area contributed by atoms with Crippen molar-refractivity contribution in [2.75, 3.05) is 25.7 Å². The molecule has 2 aromatic carbocycles. The van der Waals surface area contributed by atoms with E-state index in [0.717, 1.165) is 17.7 Å². The third kappa shape index (κ3) is 5.31. The zero-order chi connectivity index (χ0) is 22.4. The number of anilines is 1. The van der Waals surface area contributed by atoms with Gasteiger partial charge in [-0.1, -0.05) is 25.1 Å². The Labute approximate surface area is 181 Å². The Morgan fingerprint density at radius 2 is 1.94 bits per heavy atom. The normalized spacial score (nSPS) is 15.9. The summed E-state index contributed by atoms with van der Waals surface area (Å²) in [5.74, 6) is -1.04. The van der Waals surface area contributed by atoms with E-state index in [1.807, 2.05) is 24.3 Å². The number of rotatable bonds is 7. The molecule has 7 heteroatoms. The summed E-state index contributed by atoms with van der Waals surface area (Å²) in [5.41, 5.74) is 2.60. The minimum Gasteiger partial charge on any atom is -0.493 e. The highest BCUT2D eigenvalue weighted by atomic mass is 16.6. The molecule has 1 unspecified atom stereocenters. The Balaban J connectivity index is 1.70. The number of nitrogens with zero attached hydrogens (tertiary/aromatic N) is 1. The van der Waals surface area contributed by atoms with Crippen LogP contribution in [0.15, 0.2) is 48.5 Å². The van der Waals surface area contributed by atoms with E-state index in [4.69, 9.17) is 9.47 Å². The first-order valence-corrected chi connectivity index (χ1v) is 10.00. The maximum Gasteiger partial charge on any atom is 0.330 e.